The number of halogens is 6. The molecule has 2 amide bonds. The van der Waals surface area contributed by atoms with Crippen LogP contribution in [0.5, 0.6) is 11.5 Å². The molecule has 0 saturated carbocycles. The van der Waals surface area contributed by atoms with Crippen LogP contribution in [0.1, 0.15) is 48.6 Å². The number of ether oxygens (including phenoxy) is 4. The molecule has 3 rings (SSSR count). The number of methoxy groups -OCH3 is 3. The van der Waals surface area contributed by atoms with E-state index in [-0.39, 0.29) is 41.8 Å². The van der Waals surface area contributed by atoms with Crippen LogP contribution in [0.4, 0.5) is 41.6 Å². The van der Waals surface area contributed by atoms with Crippen LogP contribution < -0.4 is 14.4 Å². The molecule has 0 aromatic heterocycles. The quantitative estimate of drug-likeness (QED) is 0.351. The van der Waals surface area contributed by atoms with E-state index in [1.165, 1.54) is 31.3 Å². The highest BCUT2D eigenvalue weighted by Gasteiger charge is 2.42. The second-order valence-electron chi connectivity index (χ2n) is 8.94. The Morgan fingerprint density at radius 1 is 0.950 bits per heavy atom. The minimum atomic E-state index is -5.07. The molecule has 0 aliphatic carbocycles. The summed E-state index contributed by atoms with van der Waals surface area (Å²) >= 11 is 0. The van der Waals surface area contributed by atoms with Crippen molar-refractivity contribution < 1.29 is 54.9 Å². The van der Waals surface area contributed by atoms with Gasteiger partial charge < -0.3 is 18.9 Å². The molecule has 1 aliphatic heterocycles. The number of hydrogen-bond donors (Lipinski definition) is 0. The van der Waals surface area contributed by atoms with Crippen molar-refractivity contribution in [3.05, 3.63) is 52.6 Å². The molecule has 2 aromatic carbocycles. The van der Waals surface area contributed by atoms with Crippen molar-refractivity contribution in [2.45, 2.75) is 51.2 Å². The summed E-state index contributed by atoms with van der Waals surface area (Å²) in [4.78, 5) is 28.2. The van der Waals surface area contributed by atoms with Gasteiger partial charge in [-0.15, -0.1) is 0 Å². The second kappa shape index (κ2) is 11.7. The van der Waals surface area contributed by atoms with Crippen LogP contribution in [0.3, 0.4) is 0 Å². The maximum atomic E-state index is 13.5. The molecule has 2 atom stereocenters. The monoisotopic (exact) mass is 578 g/mol. The van der Waals surface area contributed by atoms with Gasteiger partial charge in [0.05, 0.1) is 50.8 Å². The predicted molar refractivity (Wildman–Crippen MR) is 130 cm³/mol. The third-order valence-corrected chi connectivity index (χ3v) is 6.40. The van der Waals surface area contributed by atoms with Crippen molar-refractivity contribution >= 4 is 17.9 Å². The summed E-state index contributed by atoms with van der Waals surface area (Å²) in [5, 5.41) is 0. The first-order valence-electron chi connectivity index (χ1n) is 12.0. The molecule has 0 radical (unpaired) electrons. The van der Waals surface area contributed by atoms with E-state index in [1.807, 2.05) is 0 Å². The second-order valence-corrected chi connectivity index (χ2v) is 8.94. The zero-order valence-corrected chi connectivity index (χ0v) is 22.3. The third-order valence-electron chi connectivity index (χ3n) is 6.40. The van der Waals surface area contributed by atoms with E-state index >= 15 is 0 Å². The molecular formula is C26H28F6N2O6. The van der Waals surface area contributed by atoms with Gasteiger partial charge in [-0.05, 0) is 44.0 Å². The molecule has 1 aliphatic rings. The van der Waals surface area contributed by atoms with E-state index in [4.69, 9.17) is 18.9 Å². The third kappa shape index (κ3) is 6.31. The number of benzene rings is 2. The summed E-state index contributed by atoms with van der Waals surface area (Å²) in [6.07, 6.45) is -11.8. The van der Waals surface area contributed by atoms with Crippen molar-refractivity contribution in [3.63, 3.8) is 0 Å². The number of carbonyl (C=O) groups is 2. The van der Waals surface area contributed by atoms with Crippen LogP contribution in [-0.2, 0) is 28.4 Å². The maximum Gasteiger partial charge on any atom is 0.416 e. The molecule has 2 aromatic rings. The van der Waals surface area contributed by atoms with E-state index in [2.05, 4.69) is 0 Å². The number of alkyl halides is 6. The van der Waals surface area contributed by atoms with Crippen LogP contribution in [0.15, 0.2) is 30.3 Å². The van der Waals surface area contributed by atoms with Gasteiger partial charge in [0.1, 0.15) is 11.5 Å². The first kappa shape index (κ1) is 30.7. The molecule has 0 N–H and O–H groups in total. The van der Waals surface area contributed by atoms with Crippen molar-refractivity contribution in [2.24, 2.45) is 0 Å². The van der Waals surface area contributed by atoms with Crippen LogP contribution in [0, 0.1) is 0 Å². The number of carbonyl (C=O) groups excluding carboxylic acids is 2. The number of amides is 2. The SMILES string of the molecule is CCOC(=O)N1c2cc(OC)cc(OC)c2C(N(Cc2cc(C(F)(F)F)cc(C(F)(F)F)c2)C(=O)OC)CC1C. The lowest BCUT2D eigenvalue weighted by molar-refractivity contribution is -0.143. The fourth-order valence-electron chi connectivity index (χ4n) is 4.67. The molecule has 1 heterocycles. The van der Waals surface area contributed by atoms with E-state index in [9.17, 15) is 35.9 Å². The molecule has 0 saturated heterocycles. The molecule has 0 bridgehead atoms. The summed E-state index contributed by atoms with van der Waals surface area (Å²) in [7, 11) is 3.74. The molecule has 40 heavy (non-hydrogen) atoms. The molecule has 8 nitrogen and oxygen atoms in total. The standard InChI is InChI=1S/C26H28F6N2O6/c1-6-40-24(36)34-14(2)7-19(22-20(34)11-18(37-3)12-21(22)38-4)33(23(35)39-5)13-15-8-16(25(27,28)29)10-17(9-15)26(30,31)32/h8-12,14,19H,6-7,13H2,1-5H3. The minimum absolute atomic E-state index is 0.0104. The number of rotatable bonds is 6. The smallest absolute Gasteiger partial charge is 0.416 e. The largest absolute Gasteiger partial charge is 0.497 e. The van der Waals surface area contributed by atoms with Gasteiger partial charge in [-0.25, -0.2) is 9.59 Å². The van der Waals surface area contributed by atoms with Gasteiger partial charge in [0.25, 0.3) is 0 Å². The van der Waals surface area contributed by atoms with Gasteiger partial charge in [0.2, 0.25) is 0 Å². The van der Waals surface area contributed by atoms with E-state index < -0.39 is 59.9 Å². The van der Waals surface area contributed by atoms with Gasteiger partial charge in [-0.2, -0.15) is 26.3 Å². The van der Waals surface area contributed by atoms with Crippen LogP contribution in [-0.4, -0.2) is 51.1 Å². The summed E-state index contributed by atoms with van der Waals surface area (Å²) in [5.74, 6) is 0.449. The fraction of sp³-hybridized carbons (Fsp3) is 0.462. The average Bonchev–Trinajstić information content (AvgIpc) is 2.88. The Bertz CT molecular complexity index is 1220. The Labute approximate surface area is 226 Å². The normalized spacial score (nSPS) is 17.1. The van der Waals surface area contributed by atoms with Crippen molar-refractivity contribution in [1.29, 1.82) is 0 Å². The van der Waals surface area contributed by atoms with Gasteiger partial charge in [0, 0.05) is 30.3 Å². The lowest BCUT2D eigenvalue weighted by Crippen LogP contribution is -2.47. The maximum absolute atomic E-state index is 13.5. The highest BCUT2D eigenvalue weighted by molar-refractivity contribution is 5.91. The zero-order valence-electron chi connectivity index (χ0n) is 22.3. The lowest BCUT2D eigenvalue weighted by Gasteiger charge is -2.43. The van der Waals surface area contributed by atoms with Crippen molar-refractivity contribution in [3.8, 4) is 11.5 Å². The number of anilines is 1. The summed E-state index contributed by atoms with van der Waals surface area (Å²) in [6, 6.07) is 2.46. The van der Waals surface area contributed by atoms with Gasteiger partial charge in [-0.1, -0.05) is 0 Å². The van der Waals surface area contributed by atoms with Gasteiger partial charge in [-0.3, -0.25) is 9.80 Å². The molecule has 0 spiro atoms. The Kier molecular flexibility index (Phi) is 9.00. The highest BCUT2D eigenvalue weighted by Crippen LogP contribution is 2.48. The van der Waals surface area contributed by atoms with Crippen LogP contribution in [0.2, 0.25) is 0 Å². The summed E-state index contributed by atoms with van der Waals surface area (Å²) < 4.78 is 102. The average molecular weight is 579 g/mol. The fourth-order valence-corrected chi connectivity index (χ4v) is 4.67. The van der Waals surface area contributed by atoms with E-state index in [0.29, 0.717) is 12.1 Å². The Morgan fingerprint density at radius 3 is 2.02 bits per heavy atom. The van der Waals surface area contributed by atoms with E-state index in [0.717, 1.165) is 12.0 Å². The number of nitrogens with zero attached hydrogens (tertiary/aromatic N) is 2. The Balaban J connectivity index is 2.22. The lowest BCUT2D eigenvalue weighted by atomic mass is 9.89. The number of fused-ring (bicyclic) bond motifs is 1. The topological polar surface area (TPSA) is 77.5 Å². The van der Waals surface area contributed by atoms with Crippen LogP contribution >= 0.6 is 0 Å². The molecule has 220 valence electrons. The molecule has 14 heteroatoms. The Hall–Kier alpha value is -3.84. The predicted octanol–water partition coefficient (Wildman–Crippen LogP) is 6.81. The van der Waals surface area contributed by atoms with Gasteiger partial charge in [0.15, 0.2) is 0 Å². The minimum Gasteiger partial charge on any atom is -0.497 e. The first-order chi connectivity index (χ1) is 18.7. The Morgan fingerprint density at radius 2 is 1.55 bits per heavy atom. The van der Waals surface area contributed by atoms with E-state index in [1.54, 1.807) is 13.8 Å². The van der Waals surface area contributed by atoms with Crippen molar-refractivity contribution in [2.75, 3.05) is 32.8 Å². The molecular weight excluding hydrogens is 550 g/mol. The van der Waals surface area contributed by atoms with Gasteiger partial charge >= 0.3 is 24.5 Å². The highest BCUT2D eigenvalue weighted by atomic mass is 19.4. The molecule has 0 fully saturated rings. The molecule has 2 unspecified atom stereocenters. The number of hydrogen-bond acceptors (Lipinski definition) is 6. The van der Waals surface area contributed by atoms with Crippen LogP contribution in [0.25, 0.3) is 0 Å². The summed E-state index contributed by atoms with van der Waals surface area (Å²) in [6.45, 7) is 2.66. The summed E-state index contributed by atoms with van der Waals surface area (Å²) in [5.41, 5.74) is -2.97. The zero-order chi connectivity index (χ0) is 30.0. The van der Waals surface area contributed by atoms with Crippen molar-refractivity contribution in [1.82, 2.24) is 4.90 Å². The first-order valence-corrected chi connectivity index (χ1v) is 12.0.